The zero-order chi connectivity index (χ0) is 20.8. The molecule has 2 amide bonds. The van der Waals surface area contributed by atoms with E-state index in [0.717, 1.165) is 18.7 Å². The van der Waals surface area contributed by atoms with Crippen molar-refractivity contribution >= 4 is 12.0 Å². The number of nitrogens with zero attached hydrogens (tertiary/aromatic N) is 4. The van der Waals surface area contributed by atoms with Crippen LogP contribution in [0.5, 0.6) is 0 Å². The third-order valence-corrected chi connectivity index (χ3v) is 5.15. The molecule has 0 bridgehead atoms. The minimum absolute atomic E-state index is 0.0434. The number of amides is 2. The second kappa shape index (κ2) is 6.98. The maximum Gasteiger partial charge on any atom is 0.433 e. The topological polar surface area (TPSA) is 108 Å². The number of fused-ring (bicyclic) bond motifs is 1. The fraction of sp³-hybridized carbons (Fsp3) is 0.389. The Kier molecular flexibility index (Phi) is 4.59. The molecular formula is C18H16F3N5O3. The van der Waals surface area contributed by atoms with Crippen LogP contribution < -0.4 is 5.32 Å². The van der Waals surface area contributed by atoms with E-state index in [1.165, 1.54) is 23.4 Å². The number of carbonyl (C=O) groups is 2. The standard InChI is InChI=1S/C18H16F3N5O3/c19-18(20,21)15-2-1-9(6-22-15)12-5-11(24-8-25-12)7-23-16(27)14-4-10-3-13(10)26(14)17(28)29/h1-2,5-6,8,10,13-14H,3-4,7H2,(H,23,27)(H,28,29)/t10?,13?,14-/m0/s1. The van der Waals surface area contributed by atoms with Gasteiger partial charge in [0.2, 0.25) is 5.91 Å². The summed E-state index contributed by atoms with van der Waals surface area (Å²) in [6, 6.07) is 2.88. The van der Waals surface area contributed by atoms with Crippen LogP contribution >= 0.6 is 0 Å². The van der Waals surface area contributed by atoms with Gasteiger partial charge in [0.1, 0.15) is 18.1 Å². The predicted molar refractivity (Wildman–Crippen MR) is 92.3 cm³/mol. The normalized spacial score (nSPS) is 22.9. The van der Waals surface area contributed by atoms with Gasteiger partial charge < -0.3 is 10.4 Å². The number of alkyl halides is 3. The molecule has 2 aliphatic rings. The molecule has 2 aromatic rings. The summed E-state index contributed by atoms with van der Waals surface area (Å²) in [6.07, 6.45) is -2.01. The van der Waals surface area contributed by atoms with Crippen molar-refractivity contribution in [3.63, 3.8) is 0 Å². The Hall–Kier alpha value is -3.24. The molecule has 0 spiro atoms. The van der Waals surface area contributed by atoms with Crippen LogP contribution in [0.15, 0.2) is 30.7 Å². The zero-order valence-electron chi connectivity index (χ0n) is 14.9. The number of carboxylic acid groups (broad SMARTS) is 1. The molecule has 4 rings (SSSR count). The summed E-state index contributed by atoms with van der Waals surface area (Å²) in [7, 11) is 0. The van der Waals surface area contributed by atoms with Crippen LogP contribution in [0.4, 0.5) is 18.0 Å². The molecule has 1 aliphatic heterocycles. The van der Waals surface area contributed by atoms with Crippen LogP contribution in [0, 0.1) is 5.92 Å². The van der Waals surface area contributed by atoms with Gasteiger partial charge in [-0.25, -0.2) is 14.8 Å². The summed E-state index contributed by atoms with van der Waals surface area (Å²) < 4.78 is 37.9. The molecule has 2 unspecified atom stereocenters. The van der Waals surface area contributed by atoms with Gasteiger partial charge >= 0.3 is 12.3 Å². The Balaban J connectivity index is 1.42. The number of carbonyl (C=O) groups excluding carboxylic acids is 1. The Labute approximate surface area is 162 Å². The molecule has 1 saturated heterocycles. The predicted octanol–water partition coefficient (Wildman–Crippen LogP) is 2.31. The quantitative estimate of drug-likeness (QED) is 0.805. The first-order valence-electron chi connectivity index (χ1n) is 8.87. The van der Waals surface area contributed by atoms with Gasteiger partial charge in [-0.2, -0.15) is 13.2 Å². The first-order chi connectivity index (χ1) is 13.7. The van der Waals surface area contributed by atoms with E-state index in [4.69, 9.17) is 0 Å². The van der Waals surface area contributed by atoms with Crippen molar-refractivity contribution in [1.29, 1.82) is 0 Å². The van der Waals surface area contributed by atoms with E-state index in [-0.39, 0.29) is 18.5 Å². The Bertz CT molecular complexity index is 951. The van der Waals surface area contributed by atoms with Gasteiger partial charge in [0.25, 0.3) is 0 Å². The lowest BCUT2D eigenvalue weighted by atomic mass is 10.1. The molecule has 1 aliphatic carbocycles. The first kappa shape index (κ1) is 19.1. The van der Waals surface area contributed by atoms with Crippen molar-refractivity contribution in [2.24, 2.45) is 5.92 Å². The molecule has 3 atom stereocenters. The molecule has 8 nitrogen and oxygen atoms in total. The van der Waals surface area contributed by atoms with Gasteiger partial charge in [-0.05, 0) is 37.0 Å². The summed E-state index contributed by atoms with van der Waals surface area (Å²) in [5.41, 5.74) is 0.175. The average Bonchev–Trinajstić information content (AvgIpc) is 3.34. The van der Waals surface area contributed by atoms with E-state index in [1.54, 1.807) is 0 Å². The van der Waals surface area contributed by atoms with E-state index in [1.807, 2.05) is 0 Å². The lowest BCUT2D eigenvalue weighted by Gasteiger charge is -2.23. The Morgan fingerprint density at radius 2 is 2.00 bits per heavy atom. The SMILES string of the molecule is O=C(NCc1cc(-c2ccc(C(F)(F)F)nc2)ncn1)[C@@H]1CC2CC2N1C(=O)O. The zero-order valence-corrected chi connectivity index (χ0v) is 14.9. The van der Waals surface area contributed by atoms with Gasteiger partial charge in [0.05, 0.1) is 17.9 Å². The lowest BCUT2D eigenvalue weighted by molar-refractivity contribution is -0.141. The lowest BCUT2D eigenvalue weighted by Crippen LogP contribution is -2.47. The molecule has 29 heavy (non-hydrogen) atoms. The second-order valence-corrected chi connectivity index (χ2v) is 7.05. The average molecular weight is 407 g/mol. The molecule has 0 aromatic carbocycles. The molecule has 11 heteroatoms. The van der Waals surface area contributed by atoms with E-state index in [2.05, 4.69) is 20.3 Å². The third-order valence-electron chi connectivity index (χ3n) is 5.15. The minimum atomic E-state index is -4.52. The summed E-state index contributed by atoms with van der Waals surface area (Å²) in [6.45, 7) is 0.0434. The van der Waals surface area contributed by atoms with Crippen LogP contribution in [-0.4, -0.2) is 49.0 Å². The van der Waals surface area contributed by atoms with Gasteiger partial charge in [-0.15, -0.1) is 0 Å². The van der Waals surface area contributed by atoms with Gasteiger partial charge in [-0.1, -0.05) is 0 Å². The van der Waals surface area contributed by atoms with Gasteiger partial charge in [-0.3, -0.25) is 14.7 Å². The van der Waals surface area contributed by atoms with E-state index < -0.39 is 29.9 Å². The molecule has 2 aromatic heterocycles. The van der Waals surface area contributed by atoms with Crippen molar-refractivity contribution in [2.75, 3.05) is 0 Å². The third kappa shape index (κ3) is 3.84. The van der Waals surface area contributed by atoms with Crippen LogP contribution in [0.3, 0.4) is 0 Å². The number of piperidine rings is 1. The summed E-state index contributed by atoms with van der Waals surface area (Å²) >= 11 is 0. The monoisotopic (exact) mass is 407 g/mol. The highest BCUT2D eigenvalue weighted by Crippen LogP contribution is 2.47. The van der Waals surface area contributed by atoms with Gasteiger partial charge in [0.15, 0.2) is 0 Å². The first-order valence-corrected chi connectivity index (χ1v) is 8.87. The van der Waals surface area contributed by atoms with E-state index in [9.17, 15) is 27.9 Å². The van der Waals surface area contributed by atoms with E-state index >= 15 is 0 Å². The molecule has 2 fully saturated rings. The molecule has 2 N–H and O–H groups in total. The largest absolute Gasteiger partial charge is 0.465 e. The number of hydrogen-bond acceptors (Lipinski definition) is 5. The summed E-state index contributed by atoms with van der Waals surface area (Å²) in [5, 5.41) is 12.0. The molecular weight excluding hydrogens is 391 g/mol. The highest BCUT2D eigenvalue weighted by molar-refractivity contribution is 5.86. The minimum Gasteiger partial charge on any atom is -0.465 e. The second-order valence-electron chi connectivity index (χ2n) is 7.05. The van der Waals surface area contributed by atoms with Crippen LogP contribution in [-0.2, 0) is 17.5 Å². The fourth-order valence-corrected chi connectivity index (χ4v) is 3.63. The Morgan fingerprint density at radius 3 is 2.66 bits per heavy atom. The van der Waals surface area contributed by atoms with Crippen molar-refractivity contribution in [3.8, 4) is 11.3 Å². The summed E-state index contributed by atoms with van der Waals surface area (Å²) in [4.78, 5) is 36.5. The van der Waals surface area contributed by atoms with Crippen LogP contribution in [0.25, 0.3) is 11.3 Å². The molecule has 1 saturated carbocycles. The number of halogens is 3. The number of aromatic nitrogens is 3. The van der Waals surface area contributed by atoms with Crippen molar-refractivity contribution in [1.82, 2.24) is 25.2 Å². The van der Waals surface area contributed by atoms with E-state index in [0.29, 0.717) is 23.4 Å². The highest BCUT2D eigenvalue weighted by atomic mass is 19.4. The smallest absolute Gasteiger partial charge is 0.433 e. The van der Waals surface area contributed by atoms with Gasteiger partial charge in [0, 0.05) is 17.8 Å². The van der Waals surface area contributed by atoms with Crippen LogP contribution in [0.1, 0.15) is 24.2 Å². The molecule has 0 radical (unpaired) electrons. The maximum absolute atomic E-state index is 12.6. The number of pyridine rings is 1. The van der Waals surface area contributed by atoms with Crippen LogP contribution in [0.2, 0.25) is 0 Å². The highest BCUT2D eigenvalue weighted by Gasteiger charge is 2.56. The molecule has 3 heterocycles. The van der Waals surface area contributed by atoms with Crippen molar-refractivity contribution in [2.45, 2.75) is 37.6 Å². The maximum atomic E-state index is 12.6. The van der Waals surface area contributed by atoms with Crippen molar-refractivity contribution in [3.05, 3.63) is 42.1 Å². The van der Waals surface area contributed by atoms with Crippen molar-refractivity contribution < 1.29 is 27.9 Å². The summed E-state index contributed by atoms with van der Waals surface area (Å²) in [5.74, 6) is -0.143. The number of rotatable bonds is 4. The fourth-order valence-electron chi connectivity index (χ4n) is 3.63. The number of nitrogens with one attached hydrogen (secondary N) is 1. The number of likely N-dealkylation sites (tertiary alicyclic amines) is 1. The molecule has 152 valence electrons. The number of hydrogen-bond donors (Lipinski definition) is 2. The Morgan fingerprint density at radius 1 is 1.21 bits per heavy atom.